The van der Waals surface area contributed by atoms with Crippen LogP contribution in [0.3, 0.4) is 0 Å². The van der Waals surface area contributed by atoms with Crippen LogP contribution in [0.1, 0.15) is 27.3 Å². The van der Waals surface area contributed by atoms with Crippen LogP contribution in [0.15, 0.2) is 30.3 Å². The van der Waals surface area contributed by atoms with Gasteiger partial charge in [0, 0.05) is 17.9 Å². The lowest BCUT2D eigenvalue weighted by molar-refractivity contribution is 0.0601. The van der Waals surface area contributed by atoms with Gasteiger partial charge in [0.2, 0.25) is 0 Å². The van der Waals surface area contributed by atoms with Crippen molar-refractivity contribution in [2.45, 2.75) is 20.4 Å². The third-order valence-corrected chi connectivity index (χ3v) is 3.40. The fourth-order valence-corrected chi connectivity index (χ4v) is 2.27. The molecule has 19 heavy (non-hydrogen) atoms. The number of benzene rings is 1. The molecule has 0 unspecified atom stereocenters. The van der Waals surface area contributed by atoms with Gasteiger partial charge in [-0.05, 0) is 19.4 Å². The molecule has 0 aliphatic carbocycles. The van der Waals surface area contributed by atoms with Crippen LogP contribution in [0.25, 0.3) is 0 Å². The number of rotatable bonds is 3. The Hall–Kier alpha value is -1.97. The Morgan fingerprint density at radius 2 is 1.84 bits per heavy atom. The first-order valence-electron chi connectivity index (χ1n) is 6.13. The summed E-state index contributed by atoms with van der Waals surface area (Å²) in [6.45, 7) is 4.50. The number of aromatic nitrogens is 1. The number of ether oxygens (including phenoxy) is 1. The van der Waals surface area contributed by atoms with E-state index in [0.717, 1.165) is 11.4 Å². The number of carbonyl (C=O) groups is 1. The van der Waals surface area contributed by atoms with Crippen molar-refractivity contribution in [3.05, 3.63) is 52.8 Å². The number of methoxy groups -OCH3 is 1. The molecule has 4 heteroatoms. The summed E-state index contributed by atoms with van der Waals surface area (Å²) in [5.41, 5.74) is 3.86. The molecule has 0 saturated heterocycles. The molecule has 0 aliphatic rings. The van der Waals surface area contributed by atoms with Gasteiger partial charge < -0.3 is 9.30 Å². The van der Waals surface area contributed by atoms with Crippen molar-refractivity contribution in [1.82, 2.24) is 4.57 Å². The SMILES string of the molecule is [B]c1c(C(=O)OC)c(C)n(Cc2ccccc2)c1C. The normalized spacial score (nSPS) is 10.5. The zero-order chi connectivity index (χ0) is 14.0. The van der Waals surface area contributed by atoms with Gasteiger partial charge in [-0.2, -0.15) is 0 Å². The first-order valence-corrected chi connectivity index (χ1v) is 6.13. The second kappa shape index (κ2) is 5.35. The molecule has 1 aromatic heterocycles. The largest absolute Gasteiger partial charge is 0.465 e. The second-order valence-electron chi connectivity index (χ2n) is 4.52. The molecule has 0 N–H and O–H groups in total. The Bertz CT molecular complexity index is 602. The molecular formula is C15H16BNO2. The zero-order valence-corrected chi connectivity index (χ0v) is 11.4. The van der Waals surface area contributed by atoms with Crippen molar-refractivity contribution in [3.63, 3.8) is 0 Å². The number of hydrogen-bond donors (Lipinski definition) is 0. The van der Waals surface area contributed by atoms with Crippen molar-refractivity contribution in [2.24, 2.45) is 0 Å². The summed E-state index contributed by atoms with van der Waals surface area (Å²) in [6.07, 6.45) is 0. The summed E-state index contributed by atoms with van der Waals surface area (Å²) < 4.78 is 6.82. The first-order chi connectivity index (χ1) is 9.06. The third kappa shape index (κ3) is 2.43. The first kappa shape index (κ1) is 13.5. The molecule has 2 radical (unpaired) electrons. The number of hydrogen-bond acceptors (Lipinski definition) is 2. The Kier molecular flexibility index (Phi) is 3.79. The minimum Gasteiger partial charge on any atom is -0.465 e. The highest BCUT2D eigenvalue weighted by atomic mass is 16.5. The minimum atomic E-state index is -0.384. The molecule has 0 fully saturated rings. The Balaban J connectivity index is 2.45. The van der Waals surface area contributed by atoms with Crippen molar-refractivity contribution in [2.75, 3.05) is 7.11 Å². The smallest absolute Gasteiger partial charge is 0.339 e. The zero-order valence-electron chi connectivity index (χ0n) is 11.4. The number of nitrogens with zero attached hydrogens (tertiary/aromatic N) is 1. The lowest BCUT2D eigenvalue weighted by Gasteiger charge is -2.10. The Morgan fingerprint density at radius 3 is 2.42 bits per heavy atom. The molecule has 0 aliphatic heterocycles. The van der Waals surface area contributed by atoms with E-state index in [4.69, 9.17) is 12.6 Å². The van der Waals surface area contributed by atoms with Gasteiger partial charge in [0.1, 0.15) is 7.85 Å². The van der Waals surface area contributed by atoms with Crippen molar-refractivity contribution in [3.8, 4) is 0 Å². The van der Waals surface area contributed by atoms with Gasteiger partial charge >= 0.3 is 5.97 Å². The second-order valence-corrected chi connectivity index (χ2v) is 4.52. The molecule has 1 aromatic carbocycles. The summed E-state index contributed by atoms with van der Waals surface area (Å²) in [7, 11) is 7.38. The topological polar surface area (TPSA) is 31.2 Å². The van der Waals surface area contributed by atoms with E-state index < -0.39 is 0 Å². The lowest BCUT2D eigenvalue weighted by Crippen LogP contribution is -2.16. The lowest BCUT2D eigenvalue weighted by atomic mass is 9.91. The van der Waals surface area contributed by atoms with E-state index in [1.165, 1.54) is 12.7 Å². The summed E-state index contributed by atoms with van der Waals surface area (Å²) in [4.78, 5) is 11.8. The van der Waals surface area contributed by atoms with Gasteiger partial charge in [-0.25, -0.2) is 4.79 Å². The molecule has 96 valence electrons. The highest BCUT2D eigenvalue weighted by Crippen LogP contribution is 2.15. The maximum Gasteiger partial charge on any atom is 0.339 e. The van der Waals surface area contributed by atoms with Crippen LogP contribution < -0.4 is 5.46 Å². The summed E-state index contributed by atoms with van der Waals surface area (Å²) >= 11 is 0. The van der Waals surface area contributed by atoms with Gasteiger partial charge in [-0.15, -0.1) is 0 Å². The van der Waals surface area contributed by atoms with Crippen molar-refractivity contribution in [1.29, 1.82) is 0 Å². The average Bonchev–Trinajstić information content (AvgIpc) is 2.63. The molecule has 0 atom stereocenters. The standard InChI is InChI=1S/C15H16BNO2/c1-10-13(15(18)19-3)14(16)11(2)17(10)9-12-7-5-4-6-8-12/h4-8H,9H2,1-3H3. The van der Waals surface area contributed by atoms with Gasteiger partial charge in [-0.3, -0.25) is 0 Å². The van der Waals surface area contributed by atoms with Crippen LogP contribution in [-0.4, -0.2) is 25.5 Å². The fourth-order valence-electron chi connectivity index (χ4n) is 2.27. The molecule has 0 saturated carbocycles. The van der Waals surface area contributed by atoms with Gasteiger partial charge in [0.05, 0.1) is 12.7 Å². The van der Waals surface area contributed by atoms with Crippen LogP contribution in [0, 0.1) is 13.8 Å². The van der Waals surface area contributed by atoms with E-state index in [9.17, 15) is 4.79 Å². The van der Waals surface area contributed by atoms with Crippen LogP contribution in [0.2, 0.25) is 0 Å². The van der Waals surface area contributed by atoms with Crippen LogP contribution in [0.5, 0.6) is 0 Å². The van der Waals surface area contributed by atoms with Crippen LogP contribution >= 0.6 is 0 Å². The molecular weight excluding hydrogens is 237 g/mol. The Labute approximate surface area is 114 Å². The van der Waals surface area contributed by atoms with Gasteiger partial charge in [0.15, 0.2) is 0 Å². The Morgan fingerprint density at radius 1 is 1.21 bits per heavy atom. The fraction of sp³-hybridized carbons (Fsp3) is 0.267. The molecule has 0 amide bonds. The molecule has 3 nitrogen and oxygen atoms in total. The molecule has 1 heterocycles. The predicted octanol–water partition coefficient (Wildman–Crippen LogP) is 1.73. The van der Waals surface area contributed by atoms with Crippen LogP contribution in [0.4, 0.5) is 0 Å². The van der Waals surface area contributed by atoms with E-state index in [-0.39, 0.29) is 5.97 Å². The van der Waals surface area contributed by atoms with E-state index in [1.54, 1.807) is 0 Å². The van der Waals surface area contributed by atoms with E-state index >= 15 is 0 Å². The maximum absolute atomic E-state index is 11.8. The van der Waals surface area contributed by atoms with Crippen molar-refractivity contribution >= 4 is 19.3 Å². The molecule has 2 aromatic rings. The number of esters is 1. The van der Waals surface area contributed by atoms with Gasteiger partial charge in [0.25, 0.3) is 0 Å². The monoisotopic (exact) mass is 253 g/mol. The quantitative estimate of drug-likeness (QED) is 0.616. The van der Waals surface area contributed by atoms with E-state index in [2.05, 4.69) is 0 Å². The predicted molar refractivity (Wildman–Crippen MR) is 76.2 cm³/mol. The number of carbonyl (C=O) groups excluding carboxylic acids is 1. The minimum absolute atomic E-state index is 0.384. The maximum atomic E-state index is 11.8. The summed E-state index contributed by atoms with van der Waals surface area (Å²) in [6, 6.07) is 10.1. The summed E-state index contributed by atoms with van der Waals surface area (Å²) in [5.74, 6) is -0.384. The van der Waals surface area contributed by atoms with Crippen LogP contribution in [-0.2, 0) is 11.3 Å². The van der Waals surface area contributed by atoms with E-state index in [0.29, 0.717) is 17.6 Å². The van der Waals surface area contributed by atoms with Crippen molar-refractivity contribution < 1.29 is 9.53 Å². The van der Waals surface area contributed by atoms with Gasteiger partial charge in [-0.1, -0.05) is 35.8 Å². The summed E-state index contributed by atoms with van der Waals surface area (Å²) in [5, 5.41) is 0. The van der Waals surface area contributed by atoms with E-state index in [1.807, 2.05) is 48.7 Å². The third-order valence-electron chi connectivity index (χ3n) is 3.40. The molecule has 0 bridgehead atoms. The highest BCUT2D eigenvalue weighted by molar-refractivity contribution is 6.37. The highest BCUT2D eigenvalue weighted by Gasteiger charge is 2.20. The molecule has 2 rings (SSSR count). The molecule has 0 spiro atoms. The average molecular weight is 253 g/mol.